The Morgan fingerprint density at radius 1 is 0.359 bits per heavy atom. The molecule has 0 spiro atoms. The van der Waals surface area contributed by atoms with Crippen LogP contribution >= 0.6 is 0 Å². The van der Waals surface area contributed by atoms with Crippen molar-refractivity contribution in [1.82, 2.24) is 0 Å². The summed E-state index contributed by atoms with van der Waals surface area (Å²) in [5.41, 5.74) is 0. The highest BCUT2D eigenvalue weighted by Crippen LogP contribution is 2.18. The van der Waals surface area contributed by atoms with Crippen LogP contribution in [0.3, 0.4) is 0 Å². The Balaban J connectivity index is 3.33. The molecule has 5 nitrogen and oxygen atoms in total. The number of aliphatic hydroxyl groups is 1. The van der Waals surface area contributed by atoms with Crippen LogP contribution in [0.1, 0.15) is 322 Å². The number of allylic oxidation sites excluding steroid dienone is 4. The standard InChI is InChI=1S/C59H112O5/c1-3-5-7-9-11-13-15-16-17-18-19-20-21-22-23-24-25-26-27-28-29-30-31-32-33-34-35-36-37-38-39-40-41-42-44-46-48-50-52-54-59(62)64-57(55-60)56-63-58(61)53-51-49-47-45-43-14-12-10-8-6-4-2/h15-16,18-19,57,60H,3-14,17,20-56H2,1-2H3/b16-15-,19-18-. The molecular weight excluding hydrogens is 789 g/mol. The number of hydrogen-bond acceptors (Lipinski definition) is 5. The predicted octanol–water partition coefficient (Wildman–Crippen LogP) is 19.3. The molecule has 1 unspecified atom stereocenters. The summed E-state index contributed by atoms with van der Waals surface area (Å²) in [4.78, 5) is 24.4. The van der Waals surface area contributed by atoms with Crippen LogP contribution in [0.4, 0.5) is 0 Å². The normalized spacial score (nSPS) is 12.2. The van der Waals surface area contributed by atoms with Gasteiger partial charge in [-0.15, -0.1) is 0 Å². The monoisotopic (exact) mass is 901 g/mol. The largest absolute Gasteiger partial charge is 0.462 e. The van der Waals surface area contributed by atoms with Crippen LogP contribution in [0.25, 0.3) is 0 Å². The van der Waals surface area contributed by atoms with E-state index in [-0.39, 0.29) is 25.2 Å². The van der Waals surface area contributed by atoms with Crippen LogP contribution in [0.15, 0.2) is 24.3 Å². The second-order valence-electron chi connectivity index (χ2n) is 19.7. The van der Waals surface area contributed by atoms with Gasteiger partial charge in [-0.2, -0.15) is 0 Å². The molecule has 0 aliphatic rings. The van der Waals surface area contributed by atoms with E-state index in [1.807, 2.05) is 0 Å². The maximum Gasteiger partial charge on any atom is 0.306 e. The van der Waals surface area contributed by atoms with E-state index in [9.17, 15) is 14.7 Å². The predicted molar refractivity (Wildman–Crippen MR) is 279 cm³/mol. The summed E-state index contributed by atoms with van der Waals surface area (Å²) in [5, 5.41) is 9.60. The highest BCUT2D eigenvalue weighted by atomic mass is 16.6. The number of ether oxygens (including phenoxy) is 2. The minimum Gasteiger partial charge on any atom is -0.462 e. The fourth-order valence-corrected chi connectivity index (χ4v) is 8.88. The van der Waals surface area contributed by atoms with Gasteiger partial charge in [0.2, 0.25) is 0 Å². The number of aliphatic hydroxyl groups excluding tert-OH is 1. The molecule has 0 saturated heterocycles. The quantitative estimate of drug-likeness (QED) is 0.0374. The fourth-order valence-electron chi connectivity index (χ4n) is 8.88. The zero-order chi connectivity index (χ0) is 46.3. The molecule has 1 atom stereocenters. The minimum atomic E-state index is -0.764. The summed E-state index contributed by atoms with van der Waals surface area (Å²) in [5.74, 6) is -0.573. The lowest BCUT2D eigenvalue weighted by Gasteiger charge is -2.15. The van der Waals surface area contributed by atoms with Gasteiger partial charge in [0.1, 0.15) is 6.61 Å². The van der Waals surface area contributed by atoms with Crippen molar-refractivity contribution in [2.45, 2.75) is 328 Å². The van der Waals surface area contributed by atoms with Gasteiger partial charge >= 0.3 is 11.9 Å². The van der Waals surface area contributed by atoms with E-state index < -0.39 is 6.10 Å². The number of rotatable bonds is 54. The third kappa shape index (κ3) is 53.0. The van der Waals surface area contributed by atoms with Crippen LogP contribution in [-0.4, -0.2) is 36.4 Å². The molecule has 0 aliphatic heterocycles. The summed E-state index contributed by atoms with van der Waals surface area (Å²) >= 11 is 0. The molecule has 0 aromatic carbocycles. The maximum atomic E-state index is 12.3. The fraction of sp³-hybridized carbons (Fsp3) is 0.898. The summed E-state index contributed by atoms with van der Waals surface area (Å²) in [6.07, 6.45) is 70.5. The van der Waals surface area contributed by atoms with Gasteiger partial charge in [0.05, 0.1) is 6.61 Å². The van der Waals surface area contributed by atoms with Crippen LogP contribution in [0, 0.1) is 0 Å². The van der Waals surface area contributed by atoms with Crippen molar-refractivity contribution in [2.24, 2.45) is 0 Å². The Morgan fingerprint density at radius 2 is 0.625 bits per heavy atom. The maximum absolute atomic E-state index is 12.3. The second-order valence-corrected chi connectivity index (χ2v) is 19.7. The molecule has 378 valence electrons. The van der Waals surface area contributed by atoms with Gasteiger partial charge in [-0.3, -0.25) is 9.59 Å². The lowest BCUT2D eigenvalue weighted by molar-refractivity contribution is -0.161. The molecule has 0 saturated carbocycles. The van der Waals surface area contributed by atoms with E-state index in [2.05, 4.69) is 38.2 Å². The van der Waals surface area contributed by atoms with Gasteiger partial charge in [0.25, 0.3) is 0 Å². The molecule has 0 aromatic rings. The number of unbranched alkanes of at least 4 members (excludes halogenated alkanes) is 42. The molecule has 5 heteroatoms. The van der Waals surface area contributed by atoms with Gasteiger partial charge in [-0.05, 0) is 44.9 Å². The van der Waals surface area contributed by atoms with Gasteiger partial charge in [-0.25, -0.2) is 0 Å². The number of carbonyl (C=O) groups is 2. The van der Waals surface area contributed by atoms with E-state index in [0.717, 1.165) is 44.9 Å². The first-order chi connectivity index (χ1) is 31.6. The first-order valence-corrected chi connectivity index (χ1v) is 28.9. The third-order valence-corrected chi connectivity index (χ3v) is 13.2. The minimum absolute atomic E-state index is 0.0582. The van der Waals surface area contributed by atoms with Crippen molar-refractivity contribution in [2.75, 3.05) is 13.2 Å². The molecule has 0 aliphatic carbocycles. The van der Waals surface area contributed by atoms with Crippen molar-refractivity contribution in [1.29, 1.82) is 0 Å². The van der Waals surface area contributed by atoms with Crippen molar-refractivity contribution >= 4 is 11.9 Å². The summed E-state index contributed by atoms with van der Waals surface area (Å²) < 4.78 is 10.7. The number of esters is 2. The molecule has 0 radical (unpaired) electrons. The highest BCUT2D eigenvalue weighted by molar-refractivity contribution is 5.70. The summed E-state index contributed by atoms with van der Waals surface area (Å²) in [6, 6.07) is 0. The van der Waals surface area contributed by atoms with E-state index in [1.54, 1.807) is 0 Å². The summed E-state index contributed by atoms with van der Waals surface area (Å²) in [6.45, 7) is 4.16. The highest BCUT2D eigenvalue weighted by Gasteiger charge is 2.16. The van der Waals surface area contributed by atoms with E-state index >= 15 is 0 Å². The van der Waals surface area contributed by atoms with Crippen molar-refractivity contribution < 1.29 is 24.2 Å². The van der Waals surface area contributed by atoms with Gasteiger partial charge in [-0.1, -0.05) is 289 Å². The van der Waals surface area contributed by atoms with Gasteiger partial charge in [0.15, 0.2) is 6.10 Å². The Bertz CT molecular complexity index is 974. The van der Waals surface area contributed by atoms with Crippen LogP contribution in [0.5, 0.6) is 0 Å². The Kier molecular flexibility index (Phi) is 54.3. The van der Waals surface area contributed by atoms with Crippen LogP contribution < -0.4 is 0 Å². The number of carbonyl (C=O) groups excluding carboxylic acids is 2. The molecule has 0 amide bonds. The molecule has 0 heterocycles. The first-order valence-electron chi connectivity index (χ1n) is 28.9. The zero-order valence-corrected chi connectivity index (χ0v) is 43.3. The average Bonchev–Trinajstić information content (AvgIpc) is 3.30. The molecule has 64 heavy (non-hydrogen) atoms. The van der Waals surface area contributed by atoms with Crippen molar-refractivity contribution in [3.05, 3.63) is 24.3 Å². The van der Waals surface area contributed by atoms with E-state index in [1.165, 1.54) is 250 Å². The topological polar surface area (TPSA) is 72.8 Å². The van der Waals surface area contributed by atoms with E-state index in [4.69, 9.17) is 9.47 Å². The molecule has 1 N–H and O–H groups in total. The van der Waals surface area contributed by atoms with Crippen molar-refractivity contribution in [3.8, 4) is 0 Å². The molecule has 0 bridgehead atoms. The second kappa shape index (κ2) is 55.7. The average molecular weight is 902 g/mol. The van der Waals surface area contributed by atoms with Gasteiger partial charge in [0, 0.05) is 12.8 Å². The SMILES string of the molecule is CCCCCCC/C=C\C/C=C\CCCCCCCCCCCCCCCCCCCCCCCCCCCCCC(=O)OC(CO)COC(=O)CCCCCCCCCCCCC. The Hall–Kier alpha value is -1.62. The molecule has 0 rings (SSSR count). The molecular formula is C59H112O5. The zero-order valence-electron chi connectivity index (χ0n) is 43.3. The molecule has 0 aromatic heterocycles. The Labute approximate surface area is 400 Å². The smallest absolute Gasteiger partial charge is 0.306 e. The summed E-state index contributed by atoms with van der Waals surface area (Å²) in [7, 11) is 0. The molecule has 0 fully saturated rings. The lowest BCUT2D eigenvalue weighted by atomic mass is 10.0. The number of hydrogen-bond donors (Lipinski definition) is 1. The van der Waals surface area contributed by atoms with Crippen molar-refractivity contribution in [3.63, 3.8) is 0 Å². The lowest BCUT2D eigenvalue weighted by Crippen LogP contribution is -2.28. The first kappa shape index (κ1) is 62.4. The van der Waals surface area contributed by atoms with Crippen LogP contribution in [-0.2, 0) is 19.1 Å². The van der Waals surface area contributed by atoms with E-state index in [0.29, 0.717) is 12.8 Å². The van der Waals surface area contributed by atoms with Crippen LogP contribution in [0.2, 0.25) is 0 Å². The Morgan fingerprint density at radius 3 is 0.922 bits per heavy atom. The van der Waals surface area contributed by atoms with Gasteiger partial charge < -0.3 is 14.6 Å². The third-order valence-electron chi connectivity index (χ3n) is 13.2.